The topological polar surface area (TPSA) is 39.2 Å². The second-order valence-corrected chi connectivity index (χ2v) is 3.44. The second kappa shape index (κ2) is 8.58. The Balaban J connectivity index is 0.000000861. The van der Waals surface area contributed by atoms with Crippen molar-refractivity contribution in [2.75, 3.05) is 4.93 Å². The summed E-state index contributed by atoms with van der Waals surface area (Å²) in [6, 6.07) is 8.80. The highest BCUT2D eigenvalue weighted by atomic mass is 127. The summed E-state index contributed by atoms with van der Waals surface area (Å²) in [6.45, 7) is 0.157. The van der Waals surface area contributed by atoms with Gasteiger partial charge in [0.2, 0.25) is 0 Å². The molecule has 0 N–H and O–H groups in total. The van der Waals surface area contributed by atoms with Gasteiger partial charge in [-0.15, -0.1) is 0 Å². The number of nitrogens with zero attached hydrogens (tertiary/aromatic N) is 1. The summed E-state index contributed by atoms with van der Waals surface area (Å²) in [5.41, 5.74) is 1.14. The molecule has 0 saturated carbocycles. The molecule has 0 unspecified atom stereocenters. The minimum absolute atomic E-state index is 0.157. The van der Waals surface area contributed by atoms with Crippen molar-refractivity contribution in [3.8, 4) is 0 Å². The lowest BCUT2D eigenvalue weighted by atomic mass is 10.2. The SMILES string of the molecule is CI.O=C(OCc1cccnc1)c1ccc(F)cc1. The molecule has 19 heavy (non-hydrogen) atoms. The number of rotatable bonds is 3. The lowest BCUT2D eigenvalue weighted by molar-refractivity contribution is 0.0472. The van der Waals surface area contributed by atoms with E-state index < -0.39 is 5.97 Å². The minimum atomic E-state index is -0.478. The van der Waals surface area contributed by atoms with Gasteiger partial charge < -0.3 is 4.74 Å². The highest BCUT2D eigenvalue weighted by Gasteiger charge is 2.06. The number of hydrogen-bond acceptors (Lipinski definition) is 3. The molecule has 5 heteroatoms. The number of ether oxygens (including phenoxy) is 1. The van der Waals surface area contributed by atoms with E-state index in [-0.39, 0.29) is 12.4 Å². The number of pyridine rings is 1. The van der Waals surface area contributed by atoms with Gasteiger partial charge in [-0.05, 0) is 35.3 Å². The third kappa shape index (κ3) is 5.34. The van der Waals surface area contributed by atoms with Crippen LogP contribution in [0.1, 0.15) is 15.9 Å². The number of halogens is 2. The number of carbonyl (C=O) groups is 1. The van der Waals surface area contributed by atoms with Gasteiger partial charge in [-0.25, -0.2) is 9.18 Å². The summed E-state index contributed by atoms with van der Waals surface area (Å²) in [5, 5.41) is 0. The first-order valence-electron chi connectivity index (χ1n) is 5.45. The van der Waals surface area contributed by atoms with Gasteiger partial charge in [0.25, 0.3) is 0 Å². The Morgan fingerprint density at radius 3 is 2.53 bits per heavy atom. The Kier molecular flexibility index (Phi) is 7.02. The zero-order valence-electron chi connectivity index (χ0n) is 10.3. The fraction of sp³-hybridized carbons (Fsp3) is 0.143. The van der Waals surface area contributed by atoms with Crippen LogP contribution in [0.4, 0.5) is 4.39 Å². The molecule has 0 saturated heterocycles. The molecule has 1 aromatic heterocycles. The summed E-state index contributed by atoms with van der Waals surface area (Å²) < 4.78 is 17.7. The van der Waals surface area contributed by atoms with Crippen molar-refractivity contribution in [1.29, 1.82) is 0 Å². The van der Waals surface area contributed by atoms with Gasteiger partial charge in [0.1, 0.15) is 12.4 Å². The van der Waals surface area contributed by atoms with Crippen molar-refractivity contribution in [3.63, 3.8) is 0 Å². The average molecular weight is 373 g/mol. The van der Waals surface area contributed by atoms with Crippen LogP contribution in [0.25, 0.3) is 0 Å². The molecule has 0 aliphatic rings. The van der Waals surface area contributed by atoms with E-state index in [0.717, 1.165) is 5.56 Å². The first-order valence-corrected chi connectivity index (χ1v) is 7.61. The number of carbonyl (C=O) groups excluding carboxylic acids is 1. The van der Waals surface area contributed by atoms with E-state index in [2.05, 4.69) is 27.6 Å². The molecule has 1 heterocycles. The van der Waals surface area contributed by atoms with E-state index in [1.54, 1.807) is 18.5 Å². The molecular formula is C14H13FINO2. The normalized spacial score (nSPS) is 9.21. The van der Waals surface area contributed by atoms with Crippen molar-refractivity contribution in [2.45, 2.75) is 6.61 Å². The Morgan fingerprint density at radius 1 is 1.26 bits per heavy atom. The van der Waals surface area contributed by atoms with E-state index >= 15 is 0 Å². The maximum Gasteiger partial charge on any atom is 0.338 e. The van der Waals surface area contributed by atoms with Gasteiger partial charge in [0.15, 0.2) is 0 Å². The maximum absolute atomic E-state index is 12.6. The average Bonchev–Trinajstić information content (AvgIpc) is 2.49. The molecule has 2 rings (SSSR count). The highest BCUT2D eigenvalue weighted by Crippen LogP contribution is 2.06. The number of alkyl halides is 1. The Labute approximate surface area is 125 Å². The molecule has 0 atom stereocenters. The molecule has 0 spiro atoms. The quantitative estimate of drug-likeness (QED) is 0.469. The smallest absolute Gasteiger partial charge is 0.338 e. The first kappa shape index (κ1) is 15.6. The molecule has 0 aliphatic carbocycles. The Morgan fingerprint density at radius 2 is 1.95 bits per heavy atom. The number of aromatic nitrogens is 1. The molecule has 3 nitrogen and oxygen atoms in total. The van der Waals surface area contributed by atoms with Gasteiger partial charge in [-0.1, -0.05) is 28.7 Å². The predicted octanol–water partition coefficient (Wildman–Crippen LogP) is 3.63. The fourth-order valence-electron chi connectivity index (χ4n) is 1.30. The molecule has 1 aromatic carbocycles. The summed E-state index contributed by atoms with van der Waals surface area (Å²) in [7, 11) is 0. The molecule has 0 bridgehead atoms. The standard InChI is InChI=1S/C13H10FNO2.CH3I/c14-12-5-3-11(4-6-12)13(16)17-9-10-2-1-7-15-8-10;1-2/h1-8H,9H2;1H3. The molecule has 0 radical (unpaired) electrons. The monoisotopic (exact) mass is 373 g/mol. The van der Waals surface area contributed by atoms with Gasteiger partial charge in [0, 0.05) is 18.0 Å². The zero-order valence-corrected chi connectivity index (χ0v) is 12.5. The number of esters is 1. The molecule has 2 aromatic rings. The van der Waals surface area contributed by atoms with Crippen LogP contribution in [0, 0.1) is 5.82 Å². The van der Waals surface area contributed by atoms with Crippen LogP contribution in [-0.2, 0) is 11.3 Å². The van der Waals surface area contributed by atoms with E-state index in [4.69, 9.17) is 4.74 Å². The highest BCUT2D eigenvalue weighted by molar-refractivity contribution is 14.1. The van der Waals surface area contributed by atoms with E-state index in [9.17, 15) is 9.18 Å². The number of benzene rings is 1. The van der Waals surface area contributed by atoms with Crippen LogP contribution in [0.15, 0.2) is 48.8 Å². The van der Waals surface area contributed by atoms with Crippen LogP contribution >= 0.6 is 22.6 Å². The van der Waals surface area contributed by atoms with Crippen LogP contribution in [0.3, 0.4) is 0 Å². The zero-order chi connectivity index (χ0) is 14.1. The van der Waals surface area contributed by atoms with E-state index in [1.165, 1.54) is 24.3 Å². The molecule has 0 fully saturated rings. The molecule has 100 valence electrons. The van der Waals surface area contributed by atoms with Gasteiger partial charge >= 0.3 is 5.97 Å². The van der Waals surface area contributed by atoms with Gasteiger partial charge in [-0.2, -0.15) is 0 Å². The summed E-state index contributed by atoms with van der Waals surface area (Å²) in [6.07, 6.45) is 3.27. The van der Waals surface area contributed by atoms with Crippen molar-refractivity contribution >= 4 is 28.6 Å². The van der Waals surface area contributed by atoms with Gasteiger partial charge in [-0.3, -0.25) is 4.98 Å². The summed E-state index contributed by atoms with van der Waals surface area (Å²) in [4.78, 5) is 17.4. The summed E-state index contributed by atoms with van der Waals surface area (Å²) in [5.74, 6) is -0.859. The molecular weight excluding hydrogens is 360 g/mol. The van der Waals surface area contributed by atoms with Crippen LogP contribution in [0.2, 0.25) is 0 Å². The summed E-state index contributed by atoms with van der Waals surface area (Å²) >= 11 is 2.15. The maximum atomic E-state index is 12.6. The lowest BCUT2D eigenvalue weighted by Gasteiger charge is -2.04. The van der Waals surface area contributed by atoms with Crippen molar-refractivity contribution in [3.05, 3.63) is 65.7 Å². The Bertz CT molecular complexity index is 503. The van der Waals surface area contributed by atoms with Gasteiger partial charge in [0.05, 0.1) is 5.56 Å². The van der Waals surface area contributed by atoms with Crippen LogP contribution < -0.4 is 0 Å². The van der Waals surface area contributed by atoms with E-state index in [0.29, 0.717) is 5.56 Å². The first-order chi connectivity index (χ1) is 9.25. The third-order valence-electron chi connectivity index (χ3n) is 2.17. The number of hydrogen-bond donors (Lipinski definition) is 0. The minimum Gasteiger partial charge on any atom is -0.457 e. The third-order valence-corrected chi connectivity index (χ3v) is 2.17. The molecule has 0 amide bonds. The van der Waals surface area contributed by atoms with E-state index in [1.807, 2.05) is 11.0 Å². The Hall–Kier alpha value is -1.50. The van der Waals surface area contributed by atoms with Crippen molar-refractivity contribution in [1.82, 2.24) is 4.98 Å². The van der Waals surface area contributed by atoms with Crippen LogP contribution in [-0.4, -0.2) is 15.9 Å². The molecule has 0 aliphatic heterocycles. The second-order valence-electron chi connectivity index (χ2n) is 3.44. The fourth-order valence-corrected chi connectivity index (χ4v) is 1.30. The van der Waals surface area contributed by atoms with Crippen molar-refractivity contribution < 1.29 is 13.9 Å². The largest absolute Gasteiger partial charge is 0.457 e. The van der Waals surface area contributed by atoms with Crippen LogP contribution in [0.5, 0.6) is 0 Å². The van der Waals surface area contributed by atoms with Crippen molar-refractivity contribution in [2.24, 2.45) is 0 Å². The lowest BCUT2D eigenvalue weighted by Crippen LogP contribution is -2.05. The predicted molar refractivity (Wildman–Crippen MR) is 79.7 cm³/mol.